The summed E-state index contributed by atoms with van der Waals surface area (Å²) in [5.41, 5.74) is 1.81. The molecule has 1 N–H and O–H groups in total. The van der Waals surface area contributed by atoms with Gasteiger partial charge in [-0.2, -0.15) is 0 Å². The van der Waals surface area contributed by atoms with Gasteiger partial charge in [0.25, 0.3) is 0 Å². The highest BCUT2D eigenvalue weighted by atomic mass is 16.7. The van der Waals surface area contributed by atoms with Crippen LogP contribution in [0.4, 0.5) is 0 Å². The number of benzene rings is 2. The van der Waals surface area contributed by atoms with Gasteiger partial charge in [-0.15, -0.1) is 0 Å². The van der Waals surface area contributed by atoms with Crippen LogP contribution in [0.1, 0.15) is 30.9 Å². The predicted octanol–water partition coefficient (Wildman–Crippen LogP) is 3.31. The lowest BCUT2D eigenvalue weighted by atomic mass is 9.75. The largest absolute Gasteiger partial charge is 0.493 e. The summed E-state index contributed by atoms with van der Waals surface area (Å²) in [4.78, 5) is 0. The van der Waals surface area contributed by atoms with Crippen molar-refractivity contribution in [2.24, 2.45) is 5.92 Å². The Morgan fingerprint density at radius 1 is 0.929 bits per heavy atom. The Labute approximate surface area is 163 Å². The van der Waals surface area contributed by atoms with Gasteiger partial charge in [0.15, 0.2) is 23.0 Å². The minimum atomic E-state index is -1.37. The zero-order chi connectivity index (χ0) is 20.1. The zero-order valence-electron chi connectivity index (χ0n) is 16.6. The van der Waals surface area contributed by atoms with E-state index in [1.807, 2.05) is 25.1 Å². The number of ether oxygens (including phenoxy) is 6. The minimum Gasteiger partial charge on any atom is -0.493 e. The van der Waals surface area contributed by atoms with Gasteiger partial charge in [-0.05, 0) is 23.8 Å². The van der Waals surface area contributed by atoms with E-state index in [0.717, 1.165) is 11.1 Å². The summed E-state index contributed by atoms with van der Waals surface area (Å²) in [7, 11) is 4.73. The Morgan fingerprint density at radius 2 is 1.54 bits per heavy atom. The molecule has 2 aromatic carbocycles. The Hall–Kier alpha value is -2.80. The van der Waals surface area contributed by atoms with Crippen LogP contribution in [0.5, 0.6) is 34.5 Å². The molecule has 2 aliphatic heterocycles. The monoisotopic (exact) mass is 388 g/mol. The molecule has 150 valence electrons. The van der Waals surface area contributed by atoms with Crippen LogP contribution in [0, 0.1) is 5.92 Å². The molecule has 4 rings (SSSR count). The van der Waals surface area contributed by atoms with Crippen LogP contribution >= 0.6 is 0 Å². The fourth-order valence-corrected chi connectivity index (χ4v) is 3.91. The fraction of sp³-hybridized carbons (Fsp3) is 0.429. The third kappa shape index (κ3) is 2.77. The van der Waals surface area contributed by atoms with Gasteiger partial charge in [0.1, 0.15) is 5.75 Å². The van der Waals surface area contributed by atoms with E-state index in [4.69, 9.17) is 28.4 Å². The molecule has 0 unspecified atom stereocenters. The highest BCUT2D eigenvalue weighted by Crippen LogP contribution is 2.53. The van der Waals surface area contributed by atoms with E-state index >= 15 is 0 Å². The number of fused-ring (bicyclic) bond motifs is 2. The fourth-order valence-electron chi connectivity index (χ4n) is 3.91. The second kappa shape index (κ2) is 6.67. The van der Waals surface area contributed by atoms with Gasteiger partial charge in [-0.25, -0.2) is 0 Å². The first-order valence-electron chi connectivity index (χ1n) is 9.04. The summed E-state index contributed by atoms with van der Waals surface area (Å²) in [6.07, 6.45) is 0. The van der Waals surface area contributed by atoms with Crippen molar-refractivity contribution in [1.82, 2.24) is 0 Å². The number of hydrogen-bond acceptors (Lipinski definition) is 7. The molecule has 2 heterocycles. The Bertz CT molecular complexity index is 881. The topological polar surface area (TPSA) is 75.6 Å². The third-order valence-corrected chi connectivity index (χ3v) is 5.55. The molecule has 2 aromatic rings. The molecule has 0 amide bonds. The molecule has 0 fully saturated rings. The Morgan fingerprint density at radius 3 is 2.11 bits per heavy atom. The van der Waals surface area contributed by atoms with E-state index in [-0.39, 0.29) is 18.6 Å². The number of aliphatic hydroxyl groups is 1. The molecule has 0 radical (unpaired) electrons. The molecule has 2 aliphatic rings. The third-order valence-electron chi connectivity index (χ3n) is 5.55. The second-order valence-electron chi connectivity index (χ2n) is 7.13. The van der Waals surface area contributed by atoms with Crippen molar-refractivity contribution in [3.63, 3.8) is 0 Å². The van der Waals surface area contributed by atoms with Crippen LogP contribution in [0.2, 0.25) is 0 Å². The zero-order valence-corrected chi connectivity index (χ0v) is 16.6. The molecule has 0 aromatic heterocycles. The van der Waals surface area contributed by atoms with Gasteiger partial charge in [-0.3, -0.25) is 0 Å². The molecule has 0 saturated carbocycles. The van der Waals surface area contributed by atoms with Crippen LogP contribution in [-0.2, 0) is 0 Å². The first kappa shape index (κ1) is 18.6. The van der Waals surface area contributed by atoms with Crippen molar-refractivity contribution < 1.29 is 33.5 Å². The molecule has 0 saturated heterocycles. The van der Waals surface area contributed by atoms with Crippen molar-refractivity contribution in [3.8, 4) is 34.5 Å². The predicted molar refractivity (Wildman–Crippen MR) is 101 cm³/mol. The lowest BCUT2D eigenvalue weighted by Crippen LogP contribution is -2.45. The van der Waals surface area contributed by atoms with Crippen molar-refractivity contribution in [2.45, 2.75) is 25.6 Å². The molecule has 0 spiro atoms. The van der Waals surface area contributed by atoms with E-state index in [2.05, 4.69) is 0 Å². The van der Waals surface area contributed by atoms with Crippen LogP contribution in [-0.4, -0.2) is 39.0 Å². The summed E-state index contributed by atoms with van der Waals surface area (Å²) in [6.45, 7) is 3.77. The van der Waals surface area contributed by atoms with Crippen molar-refractivity contribution >= 4 is 0 Å². The first-order chi connectivity index (χ1) is 13.4. The molecular formula is C21H24O7. The maximum Gasteiger partial charge on any atom is 0.231 e. The lowest BCUT2D eigenvalue weighted by molar-refractivity contribution is -0.171. The molecule has 3 atom stereocenters. The number of methoxy groups -OCH3 is 3. The average molecular weight is 388 g/mol. The second-order valence-corrected chi connectivity index (χ2v) is 7.13. The van der Waals surface area contributed by atoms with Gasteiger partial charge < -0.3 is 33.5 Å². The normalized spacial score (nSPS) is 24.9. The van der Waals surface area contributed by atoms with E-state index < -0.39 is 5.79 Å². The highest BCUT2D eigenvalue weighted by molar-refractivity contribution is 5.60. The van der Waals surface area contributed by atoms with E-state index in [9.17, 15) is 5.11 Å². The molecule has 0 aliphatic carbocycles. The van der Waals surface area contributed by atoms with Crippen molar-refractivity contribution in [2.75, 3.05) is 28.1 Å². The van der Waals surface area contributed by atoms with Gasteiger partial charge in [0.2, 0.25) is 18.3 Å². The van der Waals surface area contributed by atoms with E-state index in [0.29, 0.717) is 34.5 Å². The summed E-state index contributed by atoms with van der Waals surface area (Å²) < 4.78 is 33.4. The quantitative estimate of drug-likeness (QED) is 0.861. The van der Waals surface area contributed by atoms with Crippen LogP contribution in [0.25, 0.3) is 0 Å². The molecule has 7 heteroatoms. The summed E-state index contributed by atoms with van der Waals surface area (Å²) >= 11 is 0. The van der Waals surface area contributed by atoms with Crippen molar-refractivity contribution in [3.05, 3.63) is 35.4 Å². The van der Waals surface area contributed by atoms with Gasteiger partial charge in [-0.1, -0.05) is 6.92 Å². The average Bonchev–Trinajstić information content (AvgIpc) is 3.13. The van der Waals surface area contributed by atoms with E-state index in [1.165, 1.54) is 0 Å². The minimum absolute atomic E-state index is 0.166. The standard InChI is InChI=1S/C21H24O7/c1-11-19(12-6-17(23-3)20(25-5)18(7-12)24-4)13-8-15-16(27-10-26-15)9-14(13)28-21(11,2)22/h6-9,11,19,22H,10H2,1-5H3/t11-,19-,21+/m1/s1. The summed E-state index contributed by atoms with van der Waals surface area (Å²) in [6, 6.07) is 7.48. The number of rotatable bonds is 4. The van der Waals surface area contributed by atoms with E-state index in [1.54, 1.807) is 34.3 Å². The molecular weight excluding hydrogens is 364 g/mol. The SMILES string of the molecule is COc1cc([C@@H]2c3cc4c(cc3O[C@](C)(O)[C@@H]2C)OCO4)cc(OC)c1OC. The molecule has 7 nitrogen and oxygen atoms in total. The number of hydrogen-bond donors (Lipinski definition) is 1. The smallest absolute Gasteiger partial charge is 0.231 e. The van der Waals surface area contributed by atoms with Crippen LogP contribution in [0.15, 0.2) is 24.3 Å². The molecule has 28 heavy (non-hydrogen) atoms. The maximum atomic E-state index is 10.9. The Kier molecular flexibility index (Phi) is 4.42. The van der Waals surface area contributed by atoms with Gasteiger partial charge >= 0.3 is 0 Å². The Balaban J connectivity index is 1.92. The van der Waals surface area contributed by atoms with Crippen LogP contribution < -0.4 is 28.4 Å². The molecule has 0 bridgehead atoms. The van der Waals surface area contributed by atoms with Gasteiger partial charge in [0.05, 0.1) is 21.3 Å². The highest BCUT2D eigenvalue weighted by Gasteiger charge is 2.45. The van der Waals surface area contributed by atoms with Crippen LogP contribution in [0.3, 0.4) is 0 Å². The first-order valence-corrected chi connectivity index (χ1v) is 9.04. The summed E-state index contributed by atoms with van der Waals surface area (Å²) in [5.74, 6) is 1.63. The maximum absolute atomic E-state index is 10.9. The lowest BCUT2D eigenvalue weighted by Gasteiger charge is -2.42. The van der Waals surface area contributed by atoms with Crippen molar-refractivity contribution in [1.29, 1.82) is 0 Å². The summed E-state index contributed by atoms with van der Waals surface area (Å²) in [5, 5.41) is 10.9. The van der Waals surface area contributed by atoms with Gasteiger partial charge in [0, 0.05) is 30.4 Å².